The molecule has 0 radical (unpaired) electrons. The summed E-state index contributed by atoms with van der Waals surface area (Å²) in [7, 11) is 0. The largest absolute Gasteiger partial charge is 0.403 e. The number of allylic oxidation sites excluding steroid dienone is 2. The van der Waals surface area contributed by atoms with Gasteiger partial charge in [-0.25, -0.2) is 8.78 Å². The maximum atomic E-state index is 15.6. The van der Waals surface area contributed by atoms with Crippen molar-refractivity contribution >= 4 is 17.3 Å². The molecule has 244 valence electrons. The number of unbranched alkanes of at least 4 members (excludes halogenated alkanes) is 2. The van der Waals surface area contributed by atoms with Crippen LogP contribution in [0.5, 0.6) is 0 Å². The average Bonchev–Trinajstić information content (AvgIpc) is 2.95. The van der Waals surface area contributed by atoms with E-state index in [0.29, 0.717) is 35.3 Å². The fraction of sp³-hybridized carbons (Fsp3) is 0.436. The molecule has 3 aromatic rings. The van der Waals surface area contributed by atoms with Gasteiger partial charge in [0.05, 0.1) is 17.7 Å². The van der Waals surface area contributed by atoms with Crippen molar-refractivity contribution in [3.63, 3.8) is 0 Å². The molecule has 1 aliphatic carbocycles. The van der Waals surface area contributed by atoms with Gasteiger partial charge in [0.25, 0.3) is 0 Å². The smallest absolute Gasteiger partial charge is 0.124 e. The molecule has 4 nitrogen and oxygen atoms in total. The molecule has 1 saturated carbocycles. The minimum atomic E-state index is -1.59. The summed E-state index contributed by atoms with van der Waals surface area (Å²) in [6, 6.07) is 22.1. The lowest BCUT2D eigenvalue weighted by molar-refractivity contribution is 0.00812. The van der Waals surface area contributed by atoms with Gasteiger partial charge in [0.2, 0.25) is 0 Å². The zero-order chi connectivity index (χ0) is 33.4. The predicted molar refractivity (Wildman–Crippen MR) is 185 cm³/mol. The van der Waals surface area contributed by atoms with E-state index in [1.165, 1.54) is 45.2 Å². The van der Waals surface area contributed by atoms with Gasteiger partial charge in [-0.3, -0.25) is 4.90 Å². The number of nitrogens with one attached hydrogen (secondary N) is 1. The second kappa shape index (κ2) is 15.8. The number of nitriles is 1. The molecule has 0 bridgehead atoms. The van der Waals surface area contributed by atoms with Gasteiger partial charge in [0.1, 0.15) is 11.5 Å². The van der Waals surface area contributed by atoms with Crippen molar-refractivity contribution < 1.29 is 8.78 Å². The summed E-state index contributed by atoms with van der Waals surface area (Å²) in [6.07, 6.45) is 9.06. The Hall–Kier alpha value is -3.53. The maximum Gasteiger partial charge on any atom is 0.124 e. The highest BCUT2D eigenvalue weighted by Crippen LogP contribution is 2.46. The molecule has 2 unspecified atom stereocenters. The van der Waals surface area contributed by atoms with Crippen molar-refractivity contribution in [1.82, 2.24) is 4.90 Å². The highest BCUT2D eigenvalue weighted by Gasteiger charge is 2.45. The highest BCUT2D eigenvalue weighted by molar-refractivity contribution is 6.30. The van der Waals surface area contributed by atoms with Crippen LogP contribution in [0, 0.1) is 34.4 Å². The fourth-order valence-corrected chi connectivity index (χ4v) is 6.78. The van der Waals surface area contributed by atoms with Crippen molar-refractivity contribution in [3.05, 3.63) is 117 Å². The van der Waals surface area contributed by atoms with Crippen LogP contribution in [0.15, 0.2) is 78.5 Å². The normalized spacial score (nSPS) is 17.1. The number of hydrogen-bond donors (Lipinski definition) is 2. The zero-order valence-corrected chi connectivity index (χ0v) is 28.3. The summed E-state index contributed by atoms with van der Waals surface area (Å²) in [6.45, 7) is 8.41. The van der Waals surface area contributed by atoms with Gasteiger partial charge >= 0.3 is 0 Å². The van der Waals surface area contributed by atoms with Crippen molar-refractivity contribution in [1.29, 1.82) is 10.7 Å². The van der Waals surface area contributed by atoms with Gasteiger partial charge in [-0.05, 0) is 105 Å². The molecular formula is C39H47ClF2N4. The quantitative estimate of drug-likeness (QED) is 0.161. The van der Waals surface area contributed by atoms with Gasteiger partial charge in [-0.1, -0.05) is 74.2 Å². The van der Waals surface area contributed by atoms with Crippen LogP contribution in [0.2, 0.25) is 5.02 Å². The lowest BCUT2D eigenvalue weighted by atomic mass is 9.72. The molecule has 46 heavy (non-hydrogen) atoms. The molecule has 1 heterocycles. The Kier molecular flexibility index (Phi) is 12.2. The average molecular weight is 645 g/mol. The molecule has 3 aromatic carbocycles. The Bertz CT molecular complexity index is 1540. The molecule has 2 atom stereocenters. The second-order valence-electron chi connectivity index (χ2n) is 13.4. The Labute approximate surface area is 278 Å². The highest BCUT2D eigenvalue weighted by atomic mass is 35.5. The van der Waals surface area contributed by atoms with E-state index in [4.69, 9.17) is 22.7 Å². The first kappa shape index (κ1) is 35.3. The Morgan fingerprint density at radius 3 is 2.35 bits per heavy atom. The Morgan fingerprint density at radius 2 is 1.78 bits per heavy atom. The molecular weight excluding hydrogens is 598 g/mol. The van der Waals surface area contributed by atoms with Crippen LogP contribution in [-0.4, -0.2) is 29.4 Å². The number of benzene rings is 3. The fourth-order valence-electron chi connectivity index (χ4n) is 6.66. The molecule has 0 spiro atoms. The molecule has 2 fully saturated rings. The summed E-state index contributed by atoms with van der Waals surface area (Å²) in [5.74, 6) is -0.779. The van der Waals surface area contributed by atoms with Crippen LogP contribution in [0.4, 0.5) is 8.78 Å². The van der Waals surface area contributed by atoms with Crippen LogP contribution in [-0.2, 0) is 0 Å². The molecule has 0 aromatic heterocycles. The Morgan fingerprint density at radius 1 is 1.09 bits per heavy atom. The number of halogens is 3. The molecule has 2 aliphatic rings. The first-order chi connectivity index (χ1) is 21.9. The van der Waals surface area contributed by atoms with Gasteiger partial charge in [0, 0.05) is 41.4 Å². The van der Waals surface area contributed by atoms with E-state index < -0.39 is 17.4 Å². The summed E-state index contributed by atoms with van der Waals surface area (Å²) in [5.41, 5.74) is 9.29. The van der Waals surface area contributed by atoms with Crippen molar-refractivity contribution in [2.45, 2.75) is 83.8 Å². The molecule has 1 aliphatic heterocycles. The summed E-state index contributed by atoms with van der Waals surface area (Å²) >= 11 is 6.20. The first-order valence-corrected chi connectivity index (χ1v) is 16.8. The standard InChI is InChI=1S/C32H32ClF2N3.C7H15N/c1-32(2,35)29(25-13-20(17-36)14-28(34)16-25)26-18-38(19-26)31(22-9-11-27(33)12-10-22)24-8-4-7-23(15-24)30(37)21-5-3-6-21;1-3-4-5-6-7(2)8/h4,7-16,21,26,29,31,37H,3,5-6,18-19H2,1-2H3;6H,3-5,8H2,1-2H3/b;7-6+. The van der Waals surface area contributed by atoms with Crippen molar-refractivity contribution in [2.75, 3.05) is 13.1 Å². The molecule has 0 amide bonds. The number of rotatable bonds is 11. The third kappa shape index (κ3) is 9.05. The second-order valence-corrected chi connectivity index (χ2v) is 13.8. The minimum absolute atomic E-state index is 0.0467. The van der Waals surface area contributed by atoms with Crippen molar-refractivity contribution in [3.8, 4) is 6.07 Å². The number of hydrogen-bond acceptors (Lipinski definition) is 4. The number of likely N-dealkylation sites (tertiary alicyclic amines) is 1. The predicted octanol–water partition coefficient (Wildman–Crippen LogP) is 10.1. The molecule has 7 heteroatoms. The lowest BCUT2D eigenvalue weighted by Crippen LogP contribution is -2.53. The number of alkyl halides is 1. The van der Waals surface area contributed by atoms with Crippen LogP contribution < -0.4 is 5.73 Å². The van der Waals surface area contributed by atoms with E-state index in [0.717, 1.165) is 41.6 Å². The first-order valence-electron chi connectivity index (χ1n) is 16.4. The van der Waals surface area contributed by atoms with Gasteiger partial charge in [-0.15, -0.1) is 0 Å². The third-order valence-electron chi connectivity index (χ3n) is 9.16. The summed E-state index contributed by atoms with van der Waals surface area (Å²) in [4.78, 5) is 2.31. The van der Waals surface area contributed by atoms with E-state index in [-0.39, 0.29) is 17.5 Å². The minimum Gasteiger partial charge on any atom is -0.403 e. The summed E-state index contributed by atoms with van der Waals surface area (Å²) in [5, 5.41) is 18.7. The molecule has 1 saturated heterocycles. The van der Waals surface area contributed by atoms with Crippen LogP contribution in [0.3, 0.4) is 0 Å². The monoisotopic (exact) mass is 644 g/mol. The Balaban J connectivity index is 0.000000533. The van der Waals surface area contributed by atoms with Gasteiger partial charge in [0.15, 0.2) is 0 Å². The zero-order valence-electron chi connectivity index (χ0n) is 27.5. The van der Waals surface area contributed by atoms with Gasteiger partial charge in [-0.2, -0.15) is 5.26 Å². The summed E-state index contributed by atoms with van der Waals surface area (Å²) < 4.78 is 29.9. The number of nitrogens with two attached hydrogens (primary N) is 1. The van der Waals surface area contributed by atoms with Crippen molar-refractivity contribution in [2.24, 2.45) is 17.6 Å². The number of nitrogens with zero attached hydrogens (tertiary/aromatic N) is 2. The molecule has 3 N–H and O–H groups in total. The van der Waals surface area contributed by atoms with Crippen LogP contribution in [0.25, 0.3) is 0 Å². The topological polar surface area (TPSA) is 76.9 Å². The lowest BCUT2D eigenvalue weighted by Gasteiger charge is -2.50. The van der Waals surface area contributed by atoms with E-state index >= 15 is 4.39 Å². The van der Waals surface area contributed by atoms with E-state index in [1.54, 1.807) is 6.07 Å². The van der Waals surface area contributed by atoms with E-state index in [2.05, 4.69) is 30.0 Å². The SMILES string of the molecule is CC(C)(F)C(c1cc(F)cc(C#N)c1)C1CN(C(c2ccc(Cl)cc2)c2cccc(C(=N)C3CCC3)c2)C1.CCCC/C=C(\C)N. The van der Waals surface area contributed by atoms with Gasteiger partial charge < -0.3 is 11.1 Å². The van der Waals surface area contributed by atoms with Crippen LogP contribution >= 0.6 is 11.6 Å². The van der Waals surface area contributed by atoms with E-state index in [1.807, 2.05) is 49.4 Å². The maximum absolute atomic E-state index is 15.6. The molecule has 5 rings (SSSR count). The van der Waals surface area contributed by atoms with E-state index in [9.17, 15) is 9.65 Å². The van der Waals surface area contributed by atoms with Crippen LogP contribution in [0.1, 0.15) is 106 Å². The third-order valence-corrected chi connectivity index (χ3v) is 9.41.